The maximum atomic E-state index is 8.11. The van der Waals surface area contributed by atoms with Gasteiger partial charge in [0.15, 0.2) is 0 Å². The Morgan fingerprint density at radius 1 is 1.29 bits per heavy atom. The monoisotopic (exact) mass is 256 g/mol. The van der Waals surface area contributed by atoms with Gasteiger partial charge < -0.3 is 4.74 Å². The van der Waals surface area contributed by atoms with Crippen LogP contribution in [0.5, 0.6) is 0 Å². The summed E-state index contributed by atoms with van der Waals surface area (Å²) in [6.45, 7) is -6.07. The molecule has 2 aromatic rings. The fourth-order valence-corrected chi connectivity index (χ4v) is 1.83. The first-order valence-corrected chi connectivity index (χ1v) is 5.29. The summed E-state index contributed by atoms with van der Waals surface area (Å²) in [5.74, 6) is -1.78. The maximum Gasteiger partial charge on any atom is 0.140 e. The van der Waals surface area contributed by atoms with E-state index in [1.165, 1.54) is 24.5 Å². The van der Waals surface area contributed by atoms with Gasteiger partial charge >= 0.3 is 0 Å². The summed E-state index contributed by atoms with van der Waals surface area (Å²) in [5.41, 5.74) is 0.366. The topological polar surface area (TPSA) is 35.0 Å². The SMILES string of the molecule is [2H]C1([2H])OC([2H])([2H])C([2H])([2H])C(c2ccc3c(Cl)ncnc3c2)C1([2H])[2H]. The second-order valence-corrected chi connectivity index (χ2v) is 3.83. The summed E-state index contributed by atoms with van der Waals surface area (Å²) < 4.78 is 68.0. The predicted molar refractivity (Wildman–Crippen MR) is 67.3 cm³/mol. The molecule has 0 aliphatic carbocycles. The zero-order valence-electron chi connectivity index (χ0n) is 16.6. The molecule has 0 bridgehead atoms. The largest absolute Gasteiger partial charge is 0.381 e. The van der Waals surface area contributed by atoms with Crippen LogP contribution in [-0.2, 0) is 4.74 Å². The minimum atomic E-state index is -3.04. The third kappa shape index (κ3) is 2.13. The van der Waals surface area contributed by atoms with E-state index in [0.29, 0.717) is 10.9 Å². The van der Waals surface area contributed by atoms with E-state index in [2.05, 4.69) is 14.7 Å². The van der Waals surface area contributed by atoms with Crippen LogP contribution in [0.15, 0.2) is 24.5 Å². The first-order chi connectivity index (χ1) is 11.3. The van der Waals surface area contributed by atoms with Crippen LogP contribution in [0.4, 0.5) is 0 Å². The summed E-state index contributed by atoms with van der Waals surface area (Å²) >= 11 is 5.96. The van der Waals surface area contributed by atoms with Crippen molar-refractivity contribution in [2.24, 2.45) is 0 Å². The van der Waals surface area contributed by atoms with E-state index in [1.54, 1.807) is 0 Å². The van der Waals surface area contributed by atoms with Crippen LogP contribution < -0.4 is 0 Å². The number of rotatable bonds is 1. The highest BCUT2D eigenvalue weighted by Gasteiger charge is 2.16. The van der Waals surface area contributed by atoms with Crippen LogP contribution >= 0.6 is 11.6 Å². The second kappa shape index (κ2) is 4.59. The molecule has 1 saturated heterocycles. The van der Waals surface area contributed by atoms with E-state index < -0.39 is 31.8 Å². The van der Waals surface area contributed by atoms with Crippen molar-refractivity contribution < 1.29 is 15.7 Å². The molecular weight excluding hydrogens is 236 g/mol. The van der Waals surface area contributed by atoms with Gasteiger partial charge in [-0.25, -0.2) is 9.97 Å². The Morgan fingerprint density at radius 2 is 2.12 bits per heavy atom. The maximum absolute atomic E-state index is 8.11. The summed E-state index contributed by atoms with van der Waals surface area (Å²) in [5, 5.41) is 0.632. The van der Waals surface area contributed by atoms with Crippen LogP contribution in [0.3, 0.4) is 0 Å². The number of hydrogen-bond acceptors (Lipinski definition) is 3. The van der Waals surface area contributed by atoms with E-state index in [1.807, 2.05) is 0 Å². The minimum absolute atomic E-state index is 0.0494. The highest BCUT2D eigenvalue weighted by Crippen LogP contribution is 2.29. The lowest BCUT2D eigenvalue weighted by Crippen LogP contribution is -2.14. The van der Waals surface area contributed by atoms with Gasteiger partial charge in [0, 0.05) is 24.0 Å². The first kappa shape index (κ1) is 5.21. The number of fused-ring (bicyclic) bond motifs is 1. The summed E-state index contributed by atoms with van der Waals surface area (Å²) in [4.78, 5) is 7.83. The molecule has 1 aliphatic heterocycles. The van der Waals surface area contributed by atoms with E-state index in [4.69, 9.17) is 22.6 Å². The minimum Gasteiger partial charge on any atom is -0.381 e. The summed E-state index contributed by atoms with van der Waals surface area (Å²) in [6, 6.07) is 4.20. The zero-order valence-corrected chi connectivity index (χ0v) is 9.32. The van der Waals surface area contributed by atoms with Crippen LogP contribution in [0, 0.1) is 0 Å². The van der Waals surface area contributed by atoms with E-state index in [-0.39, 0.29) is 10.7 Å². The molecule has 0 unspecified atom stereocenters. The molecule has 88 valence electrons. The number of halogens is 1. The van der Waals surface area contributed by atoms with Crippen molar-refractivity contribution in [3.05, 3.63) is 35.2 Å². The van der Waals surface area contributed by atoms with E-state index in [0.717, 1.165) is 0 Å². The van der Waals surface area contributed by atoms with Crippen LogP contribution in [0.25, 0.3) is 10.9 Å². The molecule has 0 N–H and O–H groups in total. The number of nitrogens with zero attached hydrogens (tertiary/aromatic N) is 2. The lowest BCUT2D eigenvalue weighted by molar-refractivity contribution is 0.0853. The van der Waals surface area contributed by atoms with Crippen molar-refractivity contribution in [1.29, 1.82) is 0 Å². The Labute approximate surface area is 116 Å². The average Bonchev–Trinajstić information content (AvgIpc) is 2.44. The standard InChI is InChI=1S/C13H13ClN2O/c14-13-11-2-1-10(7-12(11)15-8-16-13)9-3-5-17-6-4-9/h1-2,7-9H,3-6H2/i3D2,4D2,5D2,6D2. The molecule has 0 amide bonds. The van der Waals surface area contributed by atoms with E-state index >= 15 is 0 Å². The molecule has 0 radical (unpaired) electrons. The summed E-state index contributed by atoms with van der Waals surface area (Å²) in [6.07, 6.45) is -4.49. The zero-order chi connectivity index (χ0) is 18.8. The van der Waals surface area contributed by atoms with Crippen molar-refractivity contribution in [3.8, 4) is 0 Å². The fraction of sp³-hybridized carbons (Fsp3) is 0.385. The molecule has 1 aromatic carbocycles. The molecule has 1 aromatic heterocycles. The van der Waals surface area contributed by atoms with Gasteiger partial charge in [-0.15, -0.1) is 0 Å². The normalized spacial score (nSPS) is 36.3. The van der Waals surface area contributed by atoms with Crippen molar-refractivity contribution in [2.45, 2.75) is 18.7 Å². The van der Waals surface area contributed by atoms with Crippen LogP contribution in [0.1, 0.15) is 35.2 Å². The van der Waals surface area contributed by atoms with Gasteiger partial charge in [-0.1, -0.05) is 17.7 Å². The van der Waals surface area contributed by atoms with Crippen molar-refractivity contribution in [1.82, 2.24) is 9.97 Å². The van der Waals surface area contributed by atoms with Crippen molar-refractivity contribution in [3.63, 3.8) is 0 Å². The second-order valence-electron chi connectivity index (χ2n) is 3.47. The fourth-order valence-electron chi connectivity index (χ4n) is 1.63. The molecule has 0 saturated carbocycles. The highest BCUT2D eigenvalue weighted by atomic mass is 35.5. The van der Waals surface area contributed by atoms with Gasteiger partial charge in [-0.05, 0) is 36.4 Å². The molecule has 4 heteroatoms. The molecule has 17 heavy (non-hydrogen) atoms. The molecule has 0 atom stereocenters. The number of aromatic nitrogens is 2. The lowest BCUT2D eigenvalue weighted by Gasteiger charge is -2.22. The third-order valence-corrected chi connectivity index (χ3v) is 2.76. The molecule has 3 nitrogen and oxygen atoms in total. The Hall–Kier alpha value is -1.19. The molecule has 3 rings (SSSR count). The molecule has 1 fully saturated rings. The Kier molecular flexibility index (Phi) is 1.41. The van der Waals surface area contributed by atoms with Gasteiger partial charge in [-0.2, -0.15) is 0 Å². The molecule has 0 spiro atoms. The Bertz CT molecular complexity index is 818. The first-order valence-electron chi connectivity index (χ1n) is 8.91. The smallest absolute Gasteiger partial charge is 0.140 e. The van der Waals surface area contributed by atoms with Crippen LogP contribution in [0.2, 0.25) is 5.15 Å². The van der Waals surface area contributed by atoms with Crippen molar-refractivity contribution >= 4 is 22.5 Å². The number of hydrogen-bond donors (Lipinski definition) is 0. The highest BCUT2D eigenvalue weighted by molar-refractivity contribution is 6.34. The Balaban J connectivity index is 2.24. The van der Waals surface area contributed by atoms with Gasteiger partial charge in [-0.3, -0.25) is 0 Å². The quantitative estimate of drug-likeness (QED) is 0.735. The predicted octanol–water partition coefficient (Wildman–Crippen LogP) is 3.18. The van der Waals surface area contributed by atoms with Crippen molar-refractivity contribution in [2.75, 3.05) is 13.1 Å². The average molecular weight is 257 g/mol. The van der Waals surface area contributed by atoms with Gasteiger partial charge in [0.25, 0.3) is 0 Å². The Morgan fingerprint density at radius 3 is 2.94 bits per heavy atom. The van der Waals surface area contributed by atoms with Crippen LogP contribution in [-0.4, -0.2) is 23.1 Å². The van der Waals surface area contributed by atoms with Gasteiger partial charge in [0.05, 0.1) is 11.0 Å². The lowest BCUT2D eigenvalue weighted by atomic mass is 9.91. The molecular formula is C13H13ClN2O. The molecule has 1 aliphatic rings. The number of ether oxygens (including phenoxy) is 1. The van der Waals surface area contributed by atoms with Gasteiger partial charge in [0.1, 0.15) is 11.5 Å². The number of benzene rings is 1. The third-order valence-electron chi connectivity index (χ3n) is 2.45. The summed E-state index contributed by atoms with van der Waals surface area (Å²) in [7, 11) is 0. The van der Waals surface area contributed by atoms with Gasteiger partial charge in [0.2, 0.25) is 0 Å². The van der Waals surface area contributed by atoms with E-state index in [9.17, 15) is 0 Å². The molecule has 2 heterocycles.